The van der Waals surface area contributed by atoms with Gasteiger partial charge in [-0.1, -0.05) is 48.2 Å². The fourth-order valence-electron chi connectivity index (χ4n) is 2.28. The van der Waals surface area contributed by atoms with Crippen LogP contribution in [0.4, 0.5) is 0 Å². The Hall–Kier alpha value is -2.67. The van der Waals surface area contributed by atoms with Gasteiger partial charge in [-0.2, -0.15) is 0 Å². The molecule has 25 heavy (non-hydrogen) atoms. The van der Waals surface area contributed by atoms with E-state index >= 15 is 0 Å². The second kappa shape index (κ2) is 8.43. The molecule has 0 spiro atoms. The maximum atomic E-state index is 12.0. The lowest BCUT2D eigenvalue weighted by molar-refractivity contribution is -0.120. The van der Waals surface area contributed by atoms with Crippen molar-refractivity contribution >= 4 is 17.7 Å². The maximum absolute atomic E-state index is 12.0. The summed E-state index contributed by atoms with van der Waals surface area (Å²) >= 11 is 1.63. The standard InChI is InChI=1S/C18H19N5OS/c1-23-16(12-20-17(24)10-15-8-5-9-19-11-15)21-22-18(23)25-13-14-6-3-2-4-7-14/h2-9,11H,10,12-13H2,1H3,(H,20,24). The molecule has 2 heterocycles. The number of hydrogen-bond donors (Lipinski definition) is 1. The van der Waals surface area contributed by atoms with E-state index in [9.17, 15) is 4.79 Å². The Balaban J connectivity index is 1.51. The minimum atomic E-state index is -0.0607. The first-order valence-electron chi connectivity index (χ1n) is 7.93. The van der Waals surface area contributed by atoms with Gasteiger partial charge in [0, 0.05) is 25.2 Å². The van der Waals surface area contributed by atoms with Crippen LogP contribution < -0.4 is 5.32 Å². The van der Waals surface area contributed by atoms with E-state index in [1.165, 1.54) is 5.56 Å². The summed E-state index contributed by atoms with van der Waals surface area (Å²) in [5.41, 5.74) is 2.12. The van der Waals surface area contributed by atoms with Crippen LogP contribution >= 0.6 is 11.8 Å². The van der Waals surface area contributed by atoms with Gasteiger partial charge < -0.3 is 9.88 Å². The minimum absolute atomic E-state index is 0.0607. The molecule has 2 aromatic heterocycles. The molecule has 1 amide bonds. The van der Waals surface area contributed by atoms with Crippen molar-refractivity contribution in [2.24, 2.45) is 7.05 Å². The summed E-state index contributed by atoms with van der Waals surface area (Å²) in [4.78, 5) is 16.0. The SMILES string of the molecule is Cn1c(CNC(=O)Cc2cccnc2)nnc1SCc1ccccc1. The van der Waals surface area contributed by atoms with Gasteiger partial charge in [-0.25, -0.2) is 0 Å². The Bertz CT molecular complexity index is 820. The molecule has 3 rings (SSSR count). The Kier molecular flexibility index (Phi) is 5.79. The summed E-state index contributed by atoms with van der Waals surface area (Å²) in [5.74, 6) is 1.50. The van der Waals surface area contributed by atoms with Crippen molar-refractivity contribution in [3.8, 4) is 0 Å². The van der Waals surface area contributed by atoms with Gasteiger partial charge in [0.25, 0.3) is 0 Å². The largest absolute Gasteiger partial charge is 0.349 e. The van der Waals surface area contributed by atoms with E-state index in [2.05, 4.69) is 32.6 Å². The number of hydrogen-bond acceptors (Lipinski definition) is 5. The number of thioether (sulfide) groups is 1. The Labute approximate surface area is 150 Å². The highest BCUT2D eigenvalue weighted by Crippen LogP contribution is 2.20. The van der Waals surface area contributed by atoms with Crippen LogP contribution in [0.25, 0.3) is 0 Å². The van der Waals surface area contributed by atoms with Crippen LogP contribution in [-0.2, 0) is 30.6 Å². The lowest BCUT2D eigenvalue weighted by Crippen LogP contribution is -2.26. The molecule has 6 nitrogen and oxygen atoms in total. The van der Waals surface area contributed by atoms with E-state index in [0.29, 0.717) is 13.0 Å². The lowest BCUT2D eigenvalue weighted by atomic mass is 10.2. The van der Waals surface area contributed by atoms with Crippen LogP contribution in [0.3, 0.4) is 0 Å². The molecule has 7 heteroatoms. The number of aromatic nitrogens is 4. The van der Waals surface area contributed by atoms with E-state index < -0.39 is 0 Å². The second-order valence-electron chi connectivity index (χ2n) is 5.55. The number of carbonyl (C=O) groups is 1. The molecule has 0 radical (unpaired) electrons. The highest BCUT2D eigenvalue weighted by molar-refractivity contribution is 7.98. The summed E-state index contributed by atoms with van der Waals surface area (Å²) in [5, 5.41) is 12.1. The number of amides is 1. The summed E-state index contributed by atoms with van der Waals surface area (Å²) in [6.45, 7) is 0.356. The van der Waals surface area contributed by atoms with Crippen LogP contribution in [0, 0.1) is 0 Å². The summed E-state index contributed by atoms with van der Waals surface area (Å²) in [7, 11) is 1.91. The van der Waals surface area contributed by atoms with E-state index in [4.69, 9.17) is 0 Å². The zero-order valence-electron chi connectivity index (χ0n) is 13.9. The molecule has 1 N–H and O–H groups in total. The average molecular weight is 353 g/mol. The van der Waals surface area contributed by atoms with Crippen molar-refractivity contribution < 1.29 is 4.79 Å². The summed E-state index contributed by atoms with van der Waals surface area (Å²) in [6.07, 6.45) is 3.69. The van der Waals surface area contributed by atoms with Crippen molar-refractivity contribution in [1.82, 2.24) is 25.1 Å². The van der Waals surface area contributed by atoms with Gasteiger partial charge in [-0.15, -0.1) is 10.2 Å². The zero-order chi connectivity index (χ0) is 17.5. The Morgan fingerprint density at radius 3 is 2.68 bits per heavy atom. The summed E-state index contributed by atoms with van der Waals surface area (Å²) < 4.78 is 1.91. The van der Waals surface area contributed by atoms with Gasteiger partial charge in [0.15, 0.2) is 11.0 Å². The molecule has 0 atom stereocenters. The van der Waals surface area contributed by atoms with Crippen molar-refractivity contribution in [2.75, 3.05) is 0 Å². The maximum Gasteiger partial charge on any atom is 0.224 e. The predicted molar refractivity (Wildman–Crippen MR) is 96.8 cm³/mol. The number of carbonyl (C=O) groups excluding carboxylic acids is 1. The van der Waals surface area contributed by atoms with E-state index in [1.54, 1.807) is 24.2 Å². The van der Waals surface area contributed by atoms with Gasteiger partial charge in [-0.3, -0.25) is 9.78 Å². The molecule has 0 aliphatic carbocycles. The number of benzene rings is 1. The van der Waals surface area contributed by atoms with Crippen molar-refractivity contribution in [1.29, 1.82) is 0 Å². The van der Waals surface area contributed by atoms with Gasteiger partial charge in [-0.05, 0) is 17.2 Å². The van der Waals surface area contributed by atoms with Crippen LogP contribution in [0.2, 0.25) is 0 Å². The third-order valence-corrected chi connectivity index (χ3v) is 4.76. The Morgan fingerprint density at radius 1 is 1.12 bits per heavy atom. The molecule has 0 aliphatic rings. The molecule has 0 bridgehead atoms. The molecule has 0 fully saturated rings. The van der Waals surface area contributed by atoms with Crippen LogP contribution in [0.15, 0.2) is 60.0 Å². The molecule has 0 saturated carbocycles. The normalized spacial score (nSPS) is 10.6. The van der Waals surface area contributed by atoms with E-state index in [-0.39, 0.29) is 5.91 Å². The number of nitrogens with one attached hydrogen (secondary N) is 1. The fourth-order valence-corrected chi connectivity index (χ4v) is 3.16. The monoisotopic (exact) mass is 353 g/mol. The second-order valence-corrected chi connectivity index (χ2v) is 6.49. The molecule has 1 aromatic carbocycles. The highest BCUT2D eigenvalue weighted by Gasteiger charge is 2.11. The van der Waals surface area contributed by atoms with E-state index in [0.717, 1.165) is 22.3 Å². The smallest absolute Gasteiger partial charge is 0.224 e. The van der Waals surface area contributed by atoms with Gasteiger partial charge in [0.05, 0.1) is 13.0 Å². The minimum Gasteiger partial charge on any atom is -0.349 e. The fraction of sp³-hybridized carbons (Fsp3) is 0.222. The average Bonchev–Trinajstić information content (AvgIpc) is 3.00. The molecular formula is C18H19N5OS. The first kappa shape index (κ1) is 17.2. The van der Waals surface area contributed by atoms with Crippen LogP contribution in [0.5, 0.6) is 0 Å². The number of rotatable bonds is 7. The zero-order valence-corrected chi connectivity index (χ0v) is 14.7. The lowest BCUT2D eigenvalue weighted by Gasteiger charge is -2.06. The third-order valence-electron chi connectivity index (χ3n) is 3.67. The highest BCUT2D eigenvalue weighted by atomic mass is 32.2. The molecule has 0 aliphatic heterocycles. The molecule has 128 valence electrons. The van der Waals surface area contributed by atoms with Gasteiger partial charge in [0.2, 0.25) is 5.91 Å². The number of nitrogens with zero attached hydrogens (tertiary/aromatic N) is 4. The van der Waals surface area contributed by atoms with E-state index in [1.807, 2.05) is 41.9 Å². The van der Waals surface area contributed by atoms with Crippen LogP contribution in [-0.4, -0.2) is 25.7 Å². The first-order chi connectivity index (χ1) is 12.2. The Morgan fingerprint density at radius 2 is 1.92 bits per heavy atom. The van der Waals surface area contributed by atoms with Crippen molar-refractivity contribution in [3.05, 3.63) is 71.8 Å². The van der Waals surface area contributed by atoms with Gasteiger partial charge in [0.1, 0.15) is 0 Å². The third kappa shape index (κ3) is 4.90. The molecule has 0 unspecified atom stereocenters. The molecule has 3 aromatic rings. The quantitative estimate of drug-likeness (QED) is 0.660. The number of pyridine rings is 1. The molecule has 0 saturated heterocycles. The first-order valence-corrected chi connectivity index (χ1v) is 8.91. The predicted octanol–water partition coefficient (Wildman–Crippen LogP) is 2.36. The van der Waals surface area contributed by atoms with Crippen molar-refractivity contribution in [2.45, 2.75) is 23.9 Å². The van der Waals surface area contributed by atoms with Crippen molar-refractivity contribution in [3.63, 3.8) is 0 Å². The topological polar surface area (TPSA) is 72.7 Å². The van der Waals surface area contributed by atoms with Crippen LogP contribution in [0.1, 0.15) is 17.0 Å². The van der Waals surface area contributed by atoms with Gasteiger partial charge >= 0.3 is 0 Å². The summed E-state index contributed by atoms with van der Waals surface area (Å²) in [6, 6.07) is 13.9. The molecular weight excluding hydrogens is 334 g/mol.